The molecule has 0 saturated carbocycles. The molecule has 2 aromatic rings. The third kappa shape index (κ3) is 2.62. The van der Waals surface area contributed by atoms with Gasteiger partial charge in [0.2, 0.25) is 0 Å². The number of carbonyl (C=O) groups is 1. The summed E-state index contributed by atoms with van der Waals surface area (Å²) in [5, 5.41) is 26.6. The van der Waals surface area contributed by atoms with Gasteiger partial charge in [0.1, 0.15) is 11.4 Å². The molecular formula is C11H9BrN4O4. The van der Waals surface area contributed by atoms with Crippen LogP contribution in [0.25, 0.3) is 0 Å². The number of amides is 1. The molecule has 0 fully saturated rings. The van der Waals surface area contributed by atoms with E-state index in [0.29, 0.717) is 4.47 Å². The lowest BCUT2D eigenvalue weighted by molar-refractivity contribution is -0.384. The number of benzene rings is 1. The van der Waals surface area contributed by atoms with Crippen molar-refractivity contribution in [1.82, 2.24) is 9.78 Å². The summed E-state index contributed by atoms with van der Waals surface area (Å²) in [4.78, 5) is 22.1. The highest BCUT2D eigenvalue weighted by Crippen LogP contribution is 2.28. The molecule has 0 atom stereocenters. The molecule has 1 aromatic carbocycles. The van der Waals surface area contributed by atoms with Crippen molar-refractivity contribution in [3.63, 3.8) is 0 Å². The molecule has 0 saturated heterocycles. The van der Waals surface area contributed by atoms with Gasteiger partial charge in [-0.1, -0.05) is 0 Å². The number of phenolic OH excluding ortho intramolecular Hbond substituents is 1. The van der Waals surface area contributed by atoms with Crippen LogP contribution in [-0.4, -0.2) is 25.7 Å². The zero-order valence-corrected chi connectivity index (χ0v) is 11.8. The lowest BCUT2D eigenvalue weighted by atomic mass is 10.2. The first-order chi connectivity index (χ1) is 9.40. The second kappa shape index (κ2) is 5.29. The number of nitrogens with zero attached hydrogens (tertiary/aromatic N) is 3. The predicted molar refractivity (Wildman–Crippen MR) is 73.6 cm³/mol. The average Bonchev–Trinajstić information content (AvgIpc) is 2.71. The van der Waals surface area contributed by atoms with Gasteiger partial charge in [-0.15, -0.1) is 0 Å². The summed E-state index contributed by atoms with van der Waals surface area (Å²) >= 11 is 3.17. The third-order valence-electron chi connectivity index (χ3n) is 2.55. The van der Waals surface area contributed by atoms with Gasteiger partial charge in [-0.3, -0.25) is 19.6 Å². The molecule has 1 heterocycles. The van der Waals surface area contributed by atoms with Gasteiger partial charge in [0.05, 0.1) is 21.3 Å². The monoisotopic (exact) mass is 340 g/mol. The quantitative estimate of drug-likeness (QED) is 0.504. The van der Waals surface area contributed by atoms with E-state index in [1.807, 2.05) is 0 Å². The van der Waals surface area contributed by atoms with E-state index in [9.17, 15) is 20.0 Å². The number of nitrogens with one attached hydrogen (secondary N) is 1. The number of nitro benzene ring substituents is 1. The summed E-state index contributed by atoms with van der Waals surface area (Å²) in [5.74, 6) is -0.810. The Labute approximate surface area is 121 Å². The Morgan fingerprint density at radius 3 is 2.80 bits per heavy atom. The number of aromatic nitrogens is 2. The van der Waals surface area contributed by atoms with Crippen LogP contribution in [0.3, 0.4) is 0 Å². The molecule has 0 spiro atoms. The lowest BCUT2D eigenvalue weighted by Gasteiger charge is -2.07. The summed E-state index contributed by atoms with van der Waals surface area (Å²) in [6.45, 7) is 0. The maximum Gasteiger partial charge on any atom is 0.275 e. The zero-order chi connectivity index (χ0) is 14.9. The van der Waals surface area contributed by atoms with E-state index in [4.69, 9.17) is 0 Å². The smallest absolute Gasteiger partial charge is 0.275 e. The Bertz CT molecular complexity index is 678. The van der Waals surface area contributed by atoms with Gasteiger partial charge in [0, 0.05) is 19.2 Å². The minimum atomic E-state index is -0.616. The Morgan fingerprint density at radius 1 is 1.55 bits per heavy atom. The molecule has 2 rings (SSSR count). The molecule has 1 amide bonds. The summed E-state index contributed by atoms with van der Waals surface area (Å²) in [7, 11) is 1.58. The molecule has 104 valence electrons. The number of phenols is 1. The van der Waals surface area contributed by atoms with Crippen molar-refractivity contribution in [2.45, 2.75) is 0 Å². The molecule has 20 heavy (non-hydrogen) atoms. The van der Waals surface area contributed by atoms with Crippen LogP contribution in [-0.2, 0) is 7.05 Å². The fraction of sp³-hybridized carbons (Fsp3) is 0.0909. The van der Waals surface area contributed by atoms with Gasteiger partial charge in [0.25, 0.3) is 11.6 Å². The highest BCUT2D eigenvalue weighted by molar-refractivity contribution is 9.10. The van der Waals surface area contributed by atoms with E-state index in [-0.39, 0.29) is 22.8 Å². The highest BCUT2D eigenvalue weighted by Gasteiger charge is 2.18. The van der Waals surface area contributed by atoms with Crippen molar-refractivity contribution in [3.8, 4) is 5.75 Å². The molecule has 0 unspecified atom stereocenters. The van der Waals surface area contributed by atoms with E-state index < -0.39 is 10.8 Å². The summed E-state index contributed by atoms with van der Waals surface area (Å²) < 4.78 is 1.82. The van der Waals surface area contributed by atoms with Crippen LogP contribution < -0.4 is 5.32 Å². The van der Waals surface area contributed by atoms with Crippen molar-refractivity contribution in [3.05, 3.63) is 44.7 Å². The van der Waals surface area contributed by atoms with E-state index in [2.05, 4.69) is 26.3 Å². The van der Waals surface area contributed by atoms with E-state index in [1.54, 1.807) is 7.05 Å². The number of rotatable bonds is 3. The molecule has 0 aliphatic heterocycles. The first kappa shape index (κ1) is 14.0. The molecule has 1 aromatic heterocycles. The van der Waals surface area contributed by atoms with Crippen LogP contribution in [0.15, 0.2) is 28.9 Å². The first-order valence-electron chi connectivity index (χ1n) is 5.36. The SMILES string of the molecule is Cn1ncc(Br)c1C(=O)Nc1cc([N+](=O)[O-])ccc1O. The molecule has 0 bridgehead atoms. The van der Waals surface area contributed by atoms with E-state index in [1.165, 1.54) is 10.9 Å². The summed E-state index contributed by atoms with van der Waals surface area (Å²) in [6.07, 6.45) is 1.45. The number of anilines is 1. The number of non-ortho nitro benzene ring substituents is 1. The van der Waals surface area contributed by atoms with Gasteiger partial charge in [-0.2, -0.15) is 5.10 Å². The van der Waals surface area contributed by atoms with Crippen LogP contribution in [0.2, 0.25) is 0 Å². The van der Waals surface area contributed by atoms with Gasteiger partial charge in [-0.25, -0.2) is 0 Å². The van der Waals surface area contributed by atoms with Gasteiger partial charge in [-0.05, 0) is 22.0 Å². The maximum atomic E-state index is 12.1. The standard InChI is InChI=1S/C11H9BrN4O4/c1-15-10(7(12)5-13-15)11(18)14-8-4-6(16(19)20)2-3-9(8)17/h2-5,17H,1H3,(H,14,18). The fourth-order valence-corrected chi connectivity index (χ4v) is 2.11. The number of hydrogen-bond donors (Lipinski definition) is 2. The molecule has 0 aliphatic carbocycles. The minimum absolute atomic E-state index is 0.0442. The van der Waals surface area contributed by atoms with Crippen LogP contribution >= 0.6 is 15.9 Å². The van der Waals surface area contributed by atoms with Crippen LogP contribution in [0.4, 0.5) is 11.4 Å². The molecule has 9 heteroatoms. The molecule has 0 radical (unpaired) electrons. The van der Waals surface area contributed by atoms with Crippen molar-refractivity contribution in [1.29, 1.82) is 0 Å². The maximum absolute atomic E-state index is 12.1. The van der Waals surface area contributed by atoms with Gasteiger partial charge in [0.15, 0.2) is 0 Å². The summed E-state index contributed by atoms with van der Waals surface area (Å²) in [6, 6.07) is 3.37. The molecule has 0 aliphatic rings. The zero-order valence-electron chi connectivity index (χ0n) is 10.2. The van der Waals surface area contributed by atoms with Crippen molar-refractivity contribution in [2.75, 3.05) is 5.32 Å². The number of carbonyl (C=O) groups excluding carboxylic acids is 1. The lowest BCUT2D eigenvalue weighted by Crippen LogP contribution is -2.16. The van der Waals surface area contributed by atoms with E-state index in [0.717, 1.165) is 18.2 Å². The average molecular weight is 341 g/mol. The van der Waals surface area contributed by atoms with Crippen LogP contribution in [0.5, 0.6) is 5.75 Å². The number of nitro groups is 1. The summed E-state index contributed by atoms with van der Waals surface area (Å²) in [5.41, 5.74) is -0.0459. The topological polar surface area (TPSA) is 110 Å². The number of halogens is 1. The van der Waals surface area contributed by atoms with Crippen molar-refractivity contribution < 1.29 is 14.8 Å². The molecule has 8 nitrogen and oxygen atoms in total. The normalized spacial score (nSPS) is 10.3. The second-order valence-corrected chi connectivity index (χ2v) is 4.73. The molecule has 2 N–H and O–H groups in total. The fourth-order valence-electron chi connectivity index (χ4n) is 1.59. The van der Waals surface area contributed by atoms with Crippen molar-refractivity contribution >= 4 is 33.2 Å². The first-order valence-corrected chi connectivity index (χ1v) is 6.15. The van der Waals surface area contributed by atoms with Gasteiger partial charge < -0.3 is 10.4 Å². The van der Waals surface area contributed by atoms with Crippen LogP contribution in [0.1, 0.15) is 10.5 Å². The molecular weight excluding hydrogens is 332 g/mol. The van der Waals surface area contributed by atoms with E-state index >= 15 is 0 Å². The number of hydrogen-bond acceptors (Lipinski definition) is 5. The van der Waals surface area contributed by atoms with Crippen molar-refractivity contribution in [2.24, 2.45) is 7.05 Å². The Morgan fingerprint density at radius 2 is 2.25 bits per heavy atom. The Hall–Kier alpha value is -2.42. The van der Waals surface area contributed by atoms with Crippen LogP contribution in [0, 0.1) is 10.1 Å². The number of aromatic hydroxyl groups is 1. The second-order valence-electron chi connectivity index (χ2n) is 3.88. The third-order valence-corrected chi connectivity index (χ3v) is 3.13. The minimum Gasteiger partial charge on any atom is -0.506 e. The Kier molecular flexibility index (Phi) is 3.70. The number of aryl methyl sites for hydroxylation is 1. The predicted octanol–water partition coefficient (Wildman–Crippen LogP) is 2.05. The van der Waals surface area contributed by atoms with Gasteiger partial charge >= 0.3 is 0 Å². The highest BCUT2D eigenvalue weighted by atomic mass is 79.9. The Balaban J connectivity index is 2.33. The largest absolute Gasteiger partial charge is 0.506 e.